The molecule has 0 spiro atoms. The predicted octanol–water partition coefficient (Wildman–Crippen LogP) is 1.69. The number of ketones is 1. The van der Waals surface area contributed by atoms with Crippen LogP contribution < -0.4 is 5.73 Å². The highest BCUT2D eigenvalue weighted by Crippen LogP contribution is 2.33. The molecular formula is C13H22N2O3. The molecule has 18 heavy (non-hydrogen) atoms. The normalized spacial score (nSPS) is 14.5. The van der Waals surface area contributed by atoms with Gasteiger partial charge in [0, 0.05) is 12.6 Å². The number of Topliss-reactive ketones (excluding diaryl/α,β-unsaturated/α-hetero) is 1. The van der Waals surface area contributed by atoms with Crippen LogP contribution in [0.5, 0.6) is 11.8 Å². The number of carbonyl (C=O) groups is 1. The summed E-state index contributed by atoms with van der Waals surface area (Å²) >= 11 is 0. The SMILES string of the molecule is CCCC(C)C(N)C(=O)c1c(C)c(O)n(C)c1O. The predicted molar refractivity (Wildman–Crippen MR) is 69.9 cm³/mol. The number of aromatic hydroxyl groups is 2. The van der Waals surface area contributed by atoms with Crippen LogP contribution in [0.1, 0.15) is 42.6 Å². The van der Waals surface area contributed by atoms with Gasteiger partial charge in [0.15, 0.2) is 11.7 Å². The minimum Gasteiger partial charge on any atom is -0.494 e. The highest BCUT2D eigenvalue weighted by molar-refractivity contribution is 6.04. The van der Waals surface area contributed by atoms with Crippen LogP contribution >= 0.6 is 0 Å². The maximum absolute atomic E-state index is 12.3. The fraction of sp³-hybridized carbons (Fsp3) is 0.615. The largest absolute Gasteiger partial charge is 0.494 e. The van der Waals surface area contributed by atoms with Crippen molar-refractivity contribution in [2.24, 2.45) is 18.7 Å². The van der Waals surface area contributed by atoms with E-state index in [1.54, 1.807) is 6.92 Å². The van der Waals surface area contributed by atoms with Gasteiger partial charge in [0.2, 0.25) is 5.88 Å². The van der Waals surface area contributed by atoms with Gasteiger partial charge >= 0.3 is 0 Å². The number of nitrogens with two attached hydrogens (primary N) is 1. The summed E-state index contributed by atoms with van der Waals surface area (Å²) in [6.45, 7) is 5.55. The Morgan fingerprint density at radius 1 is 1.39 bits per heavy atom. The van der Waals surface area contributed by atoms with Crippen molar-refractivity contribution < 1.29 is 15.0 Å². The zero-order chi connectivity index (χ0) is 14.0. The first-order valence-corrected chi connectivity index (χ1v) is 6.19. The molecule has 4 N–H and O–H groups in total. The second-order valence-corrected chi connectivity index (χ2v) is 4.86. The fourth-order valence-electron chi connectivity index (χ4n) is 2.15. The second-order valence-electron chi connectivity index (χ2n) is 4.86. The quantitative estimate of drug-likeness (QED) is 0.698. The molecule has 0 aliphatic heterocycles. The van der Waals surface area contributed by atoms with E-state index in [0.29, 0.717) is 5.56 Å². The molecule has 102 valence electrons. The molecule has 0 saturated heterocycles. The van der Waals surface area contributed by atoms with Crippen LogP contribution in [0, 0.1) is 12.8 Å². The van der Waals surface area contributed by atoms with Gasteiger partial charge in [0.25, 0.3) is 0 Å². The van der Waals surface area contributed by atoms with E-state index in [1.807, 2.05) is 13.8 Å². The minimum absolute atomic E-state index is 0.0450. The average molecular weight is 254 g/mol. The van der Waals surface area contributed by atoms with Crippen LogP contribution in [0.3, 0.4) is 0 Å². The van der Waals surface area contributed by atoms with Crippen LogP contribution in [0.2, 0.25) is 0 Å². The number of carbonyl (C=O) groups excluding carboxylic acids is 1. The van der Waals surface area contributed by atoms with Crippen molar-refractivity contribution in [3.63, 3.8) is 0 Å². The van der Waals surface area contributed by atoms with Crippen molar-refractivity contribution in [2.75, 3.05) is 0 Å². The monoisotopic (exact) mass is 254 g/mol. The van der Waals surface area contributed by atoms with E-state index >= 15 is 0 Å². The molecule has 0 saturated carbocycles. The molecule has 0 aliphatic rings. The maximum Gasteiger partial charge on any atom is 0.205 e. The molecule has 0 fully saturated rings. The van der Waals surface area contributed by atoms with Crippen LogP contribution in [-0.4, -0.2) is 26.6 Å². The summed E-state index contributed by atoms with van der Waals surface area (Å²) in [6, 6.07) is -0.656. The van der Waals surface area contributed by atoms with Gasteiger partial charge in [-0.2, -0.15) is 0 Å². The molecule has 0 aromatic carbocycles. The lowest BCUT2D eigenvalue weighted by atomic mass is 9.91. The van der Waals surface area contributed by atoms with E-state index in [0.717, 1.165) is 12.8 Å². The summed E-state index contributed by atoms with van der Waals surface area (Å²) in [6.07, 6.45) is 1.80. The Labute approximate surface area is 107 Å². The van der Waals surface area contributed by atoms with Gasteiger partial charge in [-0.1, -0.05) is 20.3 Å². The first-order valence-electron chi connectivity index (χ1n) is 6.19. The molecule has 0 aliphatic carbocycles. The molecule has 0 radical (unpaired) electrons. The Morgan fingerprint density at radius 3 is 2.33 bits per heavy atom. The highest BCUT2D eigenvalue weighted by Gasteiger charge is 2.29. The van der Waals surface area contributed by atoms with Crippen LogP contribution in [0.4, 0.5) is 0 Å². The summed E-state index contributed by atoms with van der Waals surface area (Å²) in [4.78, 5) is 12.3. The molecule has 2 atom stereocenters. The van der Waals surface area contributed by atoms with Crippen molar-refractivity contribution in [3.05, 3.63) is 11.1 Å². The molecule has 1 aromatic heterocycles. The van der Waals surface area contributed by atoms with Gasteiger partial charge in [0.1, 0.15) is 0 Å². The van der Waals surface area contributed by atoms with Crippen molar-refractivity contribution in [1.29, 1.82) is 0 Å². The van der Waals surface area contributed by atoms with E-state index in [1.165, 1.54) is 11.6 Å². The zero-order valence-electron chi connectivity index (χ0n) is 11.4. The van der Waals surface area contributed by atoms with Crippen molar-refractivity contribution in [3.8, 4) is 11.8 Å². The molecule has 0 bridgehead atoms. The average Bonchev–Trinajstić information content (AvgIpc) is 2.52. The summed E-state index contributed by atoms with van der Waals surface area (Å²) in [5.41, 5.74) is 6.43. The topological polar surface area (TPSA) is 88.5 Å². The van der Waals surface area contributed by atoms with Crippen LogP contribution in [0.25, 0.3) is 0 Å². The maximum atomic E-state index is 12.3. The third-order valence-electron chi connectivity index (χ3n) is 3.48. The van der Waals surface area contributed by atoms with Gasteiger partial charge in [-0.3, -0.25) is 9.36 Å². The van der Waals surface area contributed by atoms with Gasteiger partial charge in [-0.05, 0) is 19.3 Å². The Balaban J connectivity index is 3.08. The lowest BCUT2D eigenvalue weighted by Crippen LogP contribution is -2.37. The van der Waals surface area contributed by atoms with Crippen molar-refractivity contribution in [2.45, 2.75) is 39.7 Å². The van der Waals surface area contributed by atoms with Gasteiger partial charge in [0.05, 0.1) is 11.6 Å². The van der Waals surface area contributed by atoms with E-state index in [4.69, 9.17) is 5.73 Å². The lowest BCUT2D eigenvalue weighted by Gasteiger charge is -2.18. The molecule has 5 heteroatoms. The third kappa shape index (κ3) is 2.36. The van der Waals surface area contributed by atoms with E-state index in [2.05, 4.69) is 0 Å². The summed E-state index contributed by atoms with van der Waals surface area (Å²) in [7, 11) is 1.50. The molecule has 0 amide bonds. The standard InChI is InChI=1S/C13H22N2O3/c1-5-6-7(2)10(14)11(16)9-8(3)12(17)15(4)13(9)18/h7,10,17-18H,5-6,14H2,1-4H3. The first kappa shape index (κ1) is 14.6. The fourth-order valence-corrected chi connectivity index (χ4v) is 2.15. The second kappa shape index (κ2) is 5.44. The number of rotatable bonds is 5. The molecule has 5 nitrogen and oxygen atoms in total. The number of hydrogen-bond donors (Lipinski definition) is 3. The smallest absolute Gasteiger partial charge is 0.205 e. The first-order chi connectivity index (χ1) is 8.32. The minimum atomic E-state index is -0.656. The van der Waals surface area contributed by atoms with Crippen LogP contribution in [0.15, 0.2) is 0 Å². The Hall–Kier alpha value is -1.49. The Kier molecular flexibility index (Phi) is 4.40. The van der Waals surface area contributed by atoms with E-state index in [-0.39, 0.29) is 29.0 Å². The van der Waals surface area contributed by atoms with Crippen molar-refractivity contribution >= 4 is 5.78 Å². The van der Waals surface area contributed by atoms with Crippen molar-refractivity contribution in [1.82, 2.24) is 4.57 Å². The molecular weight excluding hydrogens is 232 g/mol. The number of hydrogen-bond acceptors (Lipinski definition) is 4. The third-order valence-corrected chi connectivity index (χ3v) is 3.48. The van der Waals surface area contributed by atoms with Gasteiger partial charge < -0.3 is 15.9 Å². The van der Waals surface area contributed by atoms with E-state index in [9.17, 15) is 15.0 Å². The number of nitrogens with zero attached hydrogens (tertiary/aromatic N) is 1. The molecule has 1 rings (SSSR count). The molecule has 1 heterocycles. The van der Waals surface area contributed by atoms with Crippen LogP contribution in [-0.2, 0) is 7.05 Å². The lowest BCUT2D eigenvalue weighted by molar-refractivity contribution is 0.0929. The summed E-state index contributed by atoms with van der Waals surface area (Å²) in [5, 5.41) is 19.5. The summed E-state index contributed by atoms with van der Waals surface area (Å²) in [5.74, 6) is -0.606. The molecule has 2 unspecified atom stereocenters. The zero-order valence-corrected chi connectivity index (χ0v) is 11.4. The summed E-state index contributed by atoms with van der Waals surface area (Å²) < 4.78 is 1.18. The highest BCUT2D eigenvalue weighted by atomic mass is 16.3. The Bertz CT molecular complexity index is 426. The molecule has 1 aromatic rings. The Morgan fingerprint density at radius 2 is 1.94 bits per heavy atom. The number of aromatic nitrogens is 1. The van der Waals surface area contributed by atoms with Gasteiger partial charge in [-0.25, -0.2) is 0 Å². The van der Waals surface area contributed by atoms with E-state index < -0.39 is 6.04 Å². The van der Waals surface area contributed by atoms with Gasteiger partial charge in [-0.15, -0.1) is 0 Å².